The van der Waals surface area contributed by atoms with E-state index in [0.29, 0.717) is 23.7 Å². The Bertz CT molecular complexity index is 439. The standard InChI is InChI=1S/C11H14ClN3O2/c1-15-2-3-17-9(6-15)10(16)8-4-7(12)5-14-11(8)13/h4-5,9H,2-3,6H2,1H3,(H2,13,14). The third kappa shape index (κ3) is 2.74. The van der Waals surface area contributed by atoms with Crippen LogP contribution in [-0.2, 0) is 4.74 Å². The molecule has 0 radical (unpaired) electrons. The van der Waals surface area contributed by atoms with Gasteiger partial charge >= 0.3 is 0 Å². The van der Waals surface area contributed by atoms with Crippen LogP contribution in [-0.4, -0.2) is 48.5 Å². The Morgan fingerprint density at radius 2 is 2.47 bits per heavy atom. The van der Waals surface area contributed by atoms with Crippen molar-refractivity contribution in [3.8, 4) is 0 Å². The van der Waals surface area contributed by atoms with Crippen LogP contribution in [0, 0.1) is 0 Å². The van der Waals surface area contributed by atoms with Crippen molar-refractivity contribution < 1.29 is 9.53 Å². The summed E-state index contributed by atoms with van der Waals surface area (Å²) >= 11 is 5.81. The first kappa shape index (κ1) is 12.3. The number of anilines is 1. The molecule has 92 valence electrons. The average molecular weight is 256 g/mol. The average Bonchev–Trinajstić information content (AvgIpc) is 2.31. The fraction of sp³-hybridized carbons (Fsp3) is 0.455. The van der Waals surface area contributed by atoms with Crippen molar-refractivity contribution in [2.24, 2.45) is 0 Å². The van der Waals surface area contributed by atoms with Gasteiger partial charge in [0.1, 0.15) is 11.9 Å². The number of halogens is 1. The summed E-state index contributed by atoms with van der Waals surface area (Å²) in [6.07, 6.45) is 0.929. The van der Waals surface area contributed by atoms with Gasteiger partial charge in [0, 0.05) is 19.3 Å². The molecule has 0 amide bonds. The van der Waals surface area contributed by atoms with Crippen LogP contribution >= 0.6 is 11.6 Å². The highest BCUT2D eigenvalue weighted by atomic mass is 35.5. The number of carbonyl (C=O) groups excluding carboxylic acids is 1. The Kier molecular flexibility index (Phi) is 3.61. The zero-order valence-electron chi connectivity index (χ0n) is 9.52. The molecule has 5 nitrogen and oxygen atoms in total. The van der Waals surface area contributed by atoms with Gasteiger partial charge in [0.25, 0.3) is 0 Å². The van der Waals surface area contributed by atoms with Crippen molar-refractivity contribution in [3.63, 3.8) is 0 Å². The topological polar surface area (TPSA) is 68.5 Å². The van der Waals surface area contributed by atoms with Gasteiger partial charge in [-0.15, -0.1) is 0 Å². The number of aromatic nitrogens is 1. The Hall–Kier alpha value is -1.17. The lowest BCUT2D eigenvalue weighted by Crippen LogP contribution is -2.44. The number of nitrogens with zero attached hydrogens (tertiary/aromatic N) is 2. The van der Waals surface area contributed by atoms with Crippen LogP contribution in [0.1, 0.15) is 10.4 Å². The van der Waals surface area contributed by atoms with E-state index in [1.165, 1.54) is 12.3 Å². The number of nitrogen functional groups attached to an aromatic ring is 1. The van der Waals surface area contributed by atoms with E-state index in [4.69, 9.17) is 22.1 Å². The summed E-state index contributed by atoms with van der Waals surface area (Å²) in [6, 6.07) is 1.53. The molecule has 17 heavy (non-hydrogen) atoms. The molecule has 0 aliphatic carbocycles. The maximum Gasteiger partial charge on any atom is 0.196 e. The molecular weight excluding hydrogens is 242 g/mol. The first-order chi connectivity index (χ1) is 8.08. The quantitative estimate of drug-likeness (QED) is 0.793. The zero-order chi connectivity index (χ0) is 12.4. The second-order valence-electron chi connectivity index (χ2n) is 4.07. The molecule has 1 aromatic rings. The smallest absolute Gasteiger partial charge is 0.196 e. The van der Waals surface area contributed by atoms with E-state index in [1.807, 2.05) is 11.9 Å². The van der Waals surface area contributed by atoms with E-state index < -0.39 is 6.10 Å². The molecule has 0 aromatic carbocycles. The van der Waals surface area contributed by atoms with Crippen LogP contribution in [0.4, 0.5) is 5.82 Å². The minimum absolute atomic E-state index is 0.163. The molecule has 1 fully saturated rings. The molecule has 2 N–H and O–H groups in total. The first-order valence-corrected chi connectivity index (χ1v) is 5.71. The van der Waals surface area contributed by atoms with Crippen LogP contribution < -0.4 is 5.73 Å². The normalized spacial score (nSPS) is 21.4. The SMILES string of the molecule is CN1CCOC(C(=O)c2cc(Cl)cnc2N)C1. The molecule has 2 rings (SSSR count). The minimum atomic E-state index is -0.490. The molecule has 0 bridgehead atoms. The van der Waals surface area contributed by atoms with E-state index in [-0.39, 0.29) is 11.6 Å². The van der Waals surface area contributed by atoms with Crippen LogP contribution in [0.15, 0.2) is 12.3 Å². The molecule has 0 spiro atoms. The predicted octanol–water partition coefficient (Wildman–Crippen LogP) is 0.830. The largest absolute Gasteiger partial charge is 0.383 e. The number of ether oxygens (including phenoxy) is 1. The number of ketones is 1. The van der Waals surface area contributed by atoms with E-state index in [0.717, 1.165) is 6.54 Å². The third-order valence-corrected chi connectivity index (χ3v) is 2.92. The van der Waals surface area contributed by atoms with Crippen molar-refractivity contribution in [1.29, 1.82) is 0 Å². The van der Waals surface area contributed by atoms with Gasteiger partial charge in [0.2, 0.25) is 0 Å². The molecule has 1 aromatic heterocycles. The molecule has 6 heteroatoms. The maximum absolute atomic E-state index is 12.2. The Labute approximate surface area is 105 Å². The maximum atomic E-state index is 12.2. The van der Waals surface area contributed by atoms with Crippen molar-refractivity contribution in [3.05, 3.63) is 22.8 Å². The van der Waals surface area contributed by atoms with E-state index >= 15 is 0 Å². The van der Waals surface area contributed by atoms with E-state index in [9.17, 15) is 4.79 Å². The summed E-state index contributed by atoms with van der Waals surface area (Å²) in [5, 5.41) is 0.395. The van der Waals surface area contributed by atoms with Crippen molar-refractivity contribution in [2.75, 3.05) is 32.5 Å². The Morgan fingerprint density at radius 3 is 3.18 bits per heavy atom. The van der Waals surface area contributed by atoms with Crippen molar-refractivity contribution >= 4 is 23.2 Å². The molecule has 2 heterocycles. The Balaban J connectivity index is 2.21. The summed E-state index contributed by atoms with van der Waals surface area (Å²) in [4.78, 5) is 18.1. The van der Waals surface area contributed by atoms with Gasteiger partial charge in [-0.2, -0.15) is 0 Å². The number of pyridine rings is 1. The lowest BCUT2D eigenvalue weighted by molar-refractivity contribution is -0.00859. The van der Waals surface area contributed by atoms with Gasteiger partial charge in [-0.1, -0.05) is 11.6 Å². The molecule has 1 atom stereocenters. The first-order valence-electron chi connectivity index (χ1n) is 5.33. The van der Waals surface area contributed by atoms with Crippen molar-refractivity contribution in [2.45, 2.75) is 6.10 Å². The lowest BCUT2D eigenvalue weighted by Gasteiger charge is -2.29. The van der Waals surface area contributed by atoms with Crippen LogP contribution in [0.25, 0.3) is 0 Å². The number of nitrogens with two attached hydrogens (primary N) is 1. The highest BCUT2D eigenvalue weighted by molar-refractivity contribution is 6.31. The summed E-state index contributed by atoms with van der Waals surface area (Å²) in [6.45, 7) is 1.93. The third-order valence-electron chi connectivity index (χ3n) is 2.71. The molecule has 1 unspecified atom stereocenters. The highest BCUT2D eigenvalue weighted by Gasteiger charge is 2.27. The van der Waals surface area contributed by atoms with Crippen molar-refractivity contribution in [1.82, 2.24) is 9.88 Å². The predicted molar refractivity (Wildman–Crippen MR) is 65.2 cm³/mol. The summed E-state index contributed by atoms with van der Waals surface area (Å²) < 4.78 is 5.44. The number of Topliss-reactive ketones (excluding diaryl/α,β-unsaturated/α-hetero) is 1. The molecule has 1 aliphatic heterocycles. The monoisotopic (exact) mass is 255 g/mol. The van der Waals surface area contributed by atoms with Crippen LogP contribution in [0.5, 0.6) is 0 Å². The lowest BCUT2D eigenvalue weighted by atomic mass is 10.1. The van der Waals surface area contributed by atoms with E-state index in [1.54, 1.807) is 0 Å². The van der Waals surface area contributed by atoms with Gasteiger partial charge in [0.05, 0.1) is 17.2 Å². The number of hydrogen-bond donors (Lipinski definition) is 1. The van der Waals surface area contributed by atoms with Gasteiger partial charge < -0.3 is 15.4 Å². The molecule has 0 saturated carbocycles. The van der Waals surface area contributed by atoms with Gasteiger partial charge in [0.15, 0.2) is 5.78 Å². The zero-order valence-corrected chi connectivity index (χ0v) is 10.3. The Morgan fingerprint density at radius 1 is 1.71 bits per heavy atom. The summed E-state index contributed by atoms with van der Waals surface area (Å²) in [5.74, 6) is 0.0280. The molecule has 1 aliphatic rings. The molecular formula is C11H14ClN3O2. The van der Waals surface area contributed by atoms with Crippen LogP contribution in [0.2, 0.25) is 5.02 Å². The second kappa shape index (κ2) is 5.00. The fourth-order valence-corrected chi connectivity index (χ4v) is 1.92. The number of likely N-dealkylation sites (N-methyl/N-ethyl adjacent to an activating group) is 1. The number of hydrogen-bond acceptors (Lipinski definition) is 5. The fourth-order valence-electron chi connectivity index (χ4n) is 1.76. The number of rotatable bonds is 2. The summed E-state index contributed by atoms with van der Waals surface area (Å²) in [5.41, 5.74) is 6.00. The number of carbonyl (C=O) groups is 1. The van der Waals surface area contributed by atoms with Gasteiger partial charge in [-0.05, 0) is 13.1 Å². The second-order valence-corrected chi connectivity index (χ2v) is 4.51. The van der Waals surface area contributed by atoms with Gasteiger partial charge in [-0.3, -0.25) is 4.79 Å². The van der Waals surface area contributed by atoms with Crippen LogP contribution in [0.3, 0.4) is 0 Å². The summed E-state index contributed by atoms with van der Waals surface area (Å²) in [7, 11) is 1.95. The minimum Gasteiger partial charge on any atom is -0.383 e. The van der Waals surface area contributed by atoms with E-state index in [2.05, 4.69) is 4.98 Å². The molecule has 1 saturated heterocycles. The van der Waals surface area contributed by atoms with Gasteiger partial charge in [-0.25, -0.2) is 4.98 Å². The number of morpholine rings is 1. The highest BCUT2D eigenvalue weighted by Crippen LogP contribution is 2.19.